The van der Waals surface area contributed by atoms with Crippen molar-refractivity contribution in [3.05, 3.63) is 48.6 Å². The molecule has 174 valence electrons. The number of alkyl halides is 1. The van der Waals surface area contributed by atoms with Crippen LogP contribution in [0.5, 0.6) is 0 Å². The summed E-state index contributed by atoms with van der Waals surface area (Å²) in [5.74, 6) is -0.379. The van der Waals surface area contributed by atoms with Gasteiger partial charge in [0.15, 0.2) is 8.32 Å². The van der Waals surface area contributed by atoms with Gasteiger partial charge in [0.1, 0.15) is 6.04 Å². The highest BCUT2D eigenvalue weighted by atomic mass is 28.4. The smallest absolute Gasteiger partial charge is 0.325 e. The molecule has 0 radical (unpaired) electrons. The van der Waals surface area contributed by atoms with E-state index in [4.69, 9.17) is 9.16 Å². The Morgan fingerprint density at radius 3 is 2.52 bits per heavy atom. The van der Waals surface area contributed by atoms with E-state index in [1.54, 1.807) is 0 Å². The molecule has 1 aromatic rings. The van der Waals surface area contributed by atoms with Gasteiger partial charge in [-0.15, -0.1) is 6.58 Å². The fraction of sp³-hybridized carbons (Fsp3) is 0.640. The van der Waals surface area contributed by atoms with Gasteiger partial charge < -0.3 is 9.16 Å². The van der Waals surface area contributed by atoms with Crippen molar-refractivity contribution in [2.75, 3.05) is 6.61 Å². The quantitative estimate of drug-likeness (QED) is 0.246. The predicted molar refractivity (Wildman–Crippen MR) is 127 cm³/mol. The van der Waals surface area contributed by atoms with Gasteiger partial charge in [-0.2, -0.15) is 0 Å². The second-order valence-electron chi connectivity index (χ2n) is 10.1. The van der Waals surface area contributed by atoms with E-state index in [0.717, 1.165) is 5.56 Å². The van der Waals surface area contributed by atoms with E-state index in [1.807, 2.05) is 43.3 Å². The Balaban J connectivity index is 2.22. The highest BCUT2D eigenvalue weighted by Gasteiger charge is 2.46. The molecule has 4 nitrogen and oxygen atoms in total. The molecule has 1 saturated heterocycles. The number of likely N-dealkylation sites (tertiary alicyclic amines) is 1. The molecule has 1 aromatic carbocycles. The molecule has 0 saturated carbocycles. The van der Waals surface area contributed by atoms with Gasteiger partial charge in [0.2, 0.25) is 6.36 Å². The van der Waals surface area contributed by atoms with E-state index in [9.17, 15) is 9.18 Å². The van der Waals surface area contributed by atoms with E-state index in [1.165, 1.54) is 0 Å². The SMILES string of the molecule is C=C[C@@H]1[C@@H](CO[Si](C)(C)C(C)(C)C)C[C@H](C(=O)OC(F)CCC)N1Cc1ccccc1. The summed E-state index contributed by atoms with van der Waals surface area (Å²) < 4.78 is 25.7. The molecule has 0 bridgehead atoms. The first kappa shape index (κ1) is 25.8. The molecule has 0 aliphatic carbocycles. The Morgan fingerprint density at radius 1 is 1.32 bits per heavy atom. The monoisotopic (exact) mass is 449 g/mol. The van der Waals surface area contributed by atoms with Crippen LogP contribution in [-0.2, 0) is 20.5 Å². The maximum Gasteiger partial charge on any atom is 0.325 e. The molecule has 2 rings (SSSR count). The maximum atomic E-state index is 14.1. The van der Waals surface area contributed by atoms with E-state index in [2.05, 4.69) is 45.3 Å². The number of halogens is 1. The number of carbonyl (C=O) groups excluding carboxylic acids is 1. The van der Waals surface area contributed by atoms with Crippen LogP contribution in [0, 0.1) is 5.92 Å². The largest absolute Gasteiger partial charge is 0.430 e. The zero-order valence-corrected chi connectivity index (χ0v) is 21.1. The first-order valence-electron chi connectivity index (χ1n) is 11.4. The highest BCUT2D eigenvalue weighted by molar-refractivity contribution is 6.74. The van der Waals surface area contributed by atoms with Crippen LogP contribution in [0.15, 0.2) is 43.0 Å². The van der Waals surface area contributed by atoms with E-state index < -0.39 is 26.7 Å². The molecule has 1 aliphatic rings. The van der Waals surface area contributed by atoms with E-state index in [-0.39, 0.29) is 23.4 Å². The summed E-state index contributed by atoms with van der Waals surface area (Å²) in [4.78, 5) is 15.0. The summed E-state index contributed by atoms with van der Waals surface area (Å²) in [5.41, 5.74) is 1.10. The Morgan fingerprint density at radius 2 is 1.97 bits per heavy atom. The number of benzene rings is 1. The molecule has 0 amide bonds. The molecule has 0 N–H and O–H groups in total. The Kier molecular flexibility index (Phi) is 9.04. The number of rotatable bonds is 10. The zero-order chi connectivity index (χ0) is 23.2. The van der Waals surface area contributed by atoms with Crippen molar-refractivity contribution in [2.24, 2.45) is 5.92 Å². The molecule has 1 aliphatic heterocycles. The van der Waals surface area contributed by atoms with Crippen molar-refractivity contribution in [3.63, 3.8) is 0 Å². The van der Waals surface area contributed by atoms with Crippen molar-refractivity contribution < 1.29 is 18.3 Å². The van der Waals surface area contributed by atoms with Crippen LogP contribution in [0.4, 0.5) is 4.39 Å². The van der Waals surface area contributed by atoms with Crippen LogP contribution in [-0.4, -0.2) is 44.2 Å². The van der Waals surface area contributed by atoms with Gasteiger partial charge >= 0.3 is 5.97 Å². The normalized spacial score (nSPS) is 23.5. The lowest BCUT2D eigenvalue weighted by atomic mass is 10.00. The van der Waals surface area contributed by atoms with Gasteiger partial charge in [-0.05, 0) is 36.5 Å². The number of hydrogen-bond donors (Lipinski definition) is 0. The third-order valence-electron chi connectivity index (χ3n) is 6.74. The molecule has 0 spiro atoms. The standard InChI is InChI=1S/C25H40FNO3Si/c1-8-13-23(26)30-24(28)22-16-20(18-29-31(6,7)25(3,4)5)21(9-2)27(22)17-19-14-11-10-12-15-19/h9-12,14-15,20-23H,2,8,13,16-18H2,1,3-7H3/t20-,21-,22-,23?/m1/s1. The van der Waals surface area contributed by atoms with Crippen molar-refractivity contribution in [1.82, 2.24) is 4.90 Å². The van der Waals surface area contributed by atoms with Crippen LogP contribution in [0.1, 0.15) is 52.5 Å². The van der Waals surface area contributed by atoms with Crippen LogP contribution in [0.3, 0.4) is 0 Å². The lowest BCUT2D eigenvalue weighted by Gasteiger charge is -2.37. The number of ether oxygens (including phenoxy) is 1. The number of nitrogens with zero attached hydrogens (tertiary/aromatic N) is 1. The lowest BCUT2D eigenvalue weighted by Crippen LogP contribution is -2.44. The zero-order valence-electron chi connectivity index (χ0n) is 20.1. The second-order valence-corrected chi connectivity index (χ2v) is 14.9. The molecule has 4 atom stereocenters. The molecule has 0 aromatic heterocycles. The molecule has 1 fully saturated rings. The Bertz CT molecular complexity index is 719. The third-order valence-corrected chi connectivity index (χ3v) is 11.2. The van der Waals surface area contributed by atoms with Crippen LogP contribution < -0.4 is 0 Å². The highest BCUT2D eigenvalue weighted by Crippen LogP contribution is 2.39. The van der Waals surface area contributed by atoms with E-state index >= 15 is 0 Å². The van der Waals surface area contributed by atoms with Gasteiger partial charge in [0.05, 0.1) is 0 Å². The fourth-order valence-corrected chi connectivity index (χ4v) is 4.86. The van der Waals surface area contributed by atoms with E-state index in [0.29, 0.717) is 26.0 Å². The number of hydrogen-bond acceptors (Lipinski definition) is 4. The number of esters is 1. The minimum Gasteiger partial charge on any atom is -0.430 e. The summed E-state index contributed by atoms with van der Waals surface area (Å²) in [6.07, 6.45) is 1.77. The summed E-state index contributed by atoms with van der Waals surface area (Å²) in [7, 11) is -1.93. The Hall–Kier alpha value is -1.50. The number of carbonyl (C=O) groups is 1. The van der Waals surface area contributed by atoms with Gasteiger partial charge in [0, 0.05) is 31.5 Å². The van der Waals surface area contributed by atoms with Gasteiger partial charge in [-0.3, -0.25) is 9.69 Å². The van der Waals surface area contributed by atoms with Crippen molar-refractivity contribution >= 4 is 14.3 Å². The fourth-order valence-electron chi connectivity index (χ4n) is 3.80. The summed E-state index contributed by atoms with van der Waals surface area (Å²) in [6, 6.07) is 9.47. The molecular formula is C25H40FNO3Si. The lowest BCUT2D eigenvalue weighted by molar-refractivity contribution is -0.164. The second kappa shape index (κ2) is 10.9. The van der Waals surface area contributed by atoms with Gasteiger partial charge in [-0.25, -0.2) is 4.39 Å². The van der Waals surface area contributed by atoms with Crippen molar-refractivity contribution in [1.29, 1.82) is 0 Å². The molecule has 1 unspecified atom stereocenters. The molecular weight excluding hydrogens is 409 g/mol. The van der Waals surface area contributed by atoms with Gasteiger partial charge in [-0.1, -0.05) is 64.1 Å². The topological polar surface area (TPSA) is 38.8 Å². The third kappa shape index (κ3) is 6.74. The molecule has 6 heteroatoms. The summed E-state index contributed by atoms with van der Waals surface area (Å²) in [5, 5.41) is 0.110. The van der Waals surface area contributed by atoms with Crippen LogP contribution >= 0.6 is 0 Å². The first-order chi connectivity index (χ1) is 14.5. The summed E-state index contributed by atoms with van der Waals surface area (Å²) >= 11 is 0. The minimum absolute atomic E-state index is 0.0354. The van der Waals surface area contributed by atoms with Crippen LogP contribution in [0.2, 0.25) is 18.1 Å². The molecule has 31 heavy (non-hydrogen) atoms. The van der Waals surface area contributed by atoms with Crippen molar-refractivity contribution in [3.8, 4) is 0 Å². The predicted octanol–water partition coefficient (Wildman–Crippen LogP) is 6.09. The summed E-state index contributed by atoms with van der Waals surface area (Å²) in [6.45, 7) is 18.2. The first-order valence-corrected chi connectivity index (χ1v) is 14.3. The average molecular weight is 450 g/mol. The van der Waals surface area contributed by atoms with Gasteiger partial charge in [0.25, 0.3) is 0 Å². The van der Waals surface area contributed by atoms with Crippen LogP contribution in [0.25, 0.3) is 0 Å². The van der Waals surface area contributed by atoms with Crippen molar-refractivity contribution in [2.45, 2.75) is 90.1 Å². The maximum absolute atomic E-state index is 14.1. The Labute approximate surface area is 188 Å². The average Bonchev–Trinajstić information content (AvgIpc) is 3.04. The molecule has 1 heterocycles. The minimum atomic E-state index is -1.93.